The summed E-state index contributed by atoms with van der Waals surface area (Å²) in [4.78, 5) is 35.0. The molecular formula is C13H21NO5. The highest BCUT2D eigenvalue weighted by molar-refractivity contribution is 5.92. The Morgan fingerprint density at radius 1 is 1.16 bits per heavy atom. The number of carbonyl (C=O) groups is 3. The largest absolute Gasteiger partial charge is 0.481 e. The van der Waals surface area contributed by atoms with Crippen LogP contribution in [0.2, 0.25) is 0 Å². The minimum absolute atomic E-state index is 0.118. The molecule has 0 heterocycles. The highest BCUT2D eigenvalue weighted by atomic mass is 16.4. The molecule has 0 radical (unpaired) electrons. The van der Waals surface area contributed by atoms with Crippen molar-refractivity contribution >= 4 is 17.8 Å². The van der Waals surface area contributed by atoms with Crippen LogP contribution in [0.15, 0.2) is 11.6 Å². The minimum atomic E-state index is -1.13. The second kappa shape index (κ2) is 7.56. The first-order chi connectivity index (χ1) is 8.66. The van der Waals surface area contributed by atoms with Gasteiger partial charge in [-0.05, 0) is 19.8 Å². The van der Waals surface area contributed by atoms with Gasteiger partial charge in [-0.1, -0.05) is 19.4 Å². The van der Waals surface area contributed by atoms with E-state index in [1.807, 2.05) is 0 Å². The molecule has 0 aliphatic rings. The van der Waals surface area contributed by atoms with Gasteiger partial charge in [-0.15, -0.1) is 0 Å². The van der Waals surface area contributed by atoms with Gasteiger partial charge in [0.25, 0.3) is 0 Å². The van der Waals surface area contributed by atoms with Crippen molar-refractivity contribution in [2.45, 2.75) is 40.2 Å². The van der Waals surface area contributed by atoms with E-state index in [0.29, 0.717) is 0 Å². The average Bonchev–Trinajstić information content (AvgIpc) is 2.20. The van der Waals surface area contributed by atoms with Crippen LogP contribution < -0.4 is 0 Å². The first kappa shape index (κ1) is 17.2. The number of carboxylic acid groups (broad SMARTS) is 2. The quantitative estimate of drug-likeness (QED) is 0.682. The van der Waals surface area contributed by atoms with E-state index in [0.717, 1.165) is 10.5 Å². The molecule has 0 aliphatic heterocycles. The van der Waals surface area contributed by atoms with Crippen LogP contribution in [-0.2, 0) is 14.4 Å². The normalized spacial score (nSPS) is 11.8. The van der Waals surface area contributed by atoms with Crippen molar-refractivity contribution in [2.24, 2.45) is 5.92 Å². The number of carboxylic acids is 2. The summed E-state index contributed by atoms with van der Waals surface area (Å²) in [5.74, 6) is -2.97. The molecule has 1 amide bonds. The third-order valence-corrected chi connectivity index (χ3v) is 2.48. The summed E-state index contributed by atoms with van der Waals surface area (Å²) >= 11 is 0. The number of hydrogen-bond donors (Lipinski definition) is 2. The van der Waals surface area contributed by atoms with Gasteiger partial charge in [-0.2, -0.15) is 0 Å². The van der Waals surface area contributed by atoms with Crippen LogP contribution in [0.4, 0.5) is 0 Å². The topological polar surface area (TPSA) is 94.9 Å². The Kier molecular flexibility index (Phi) is 6.82. The van der Waals surface area contributed by atoms with Crippen molar-refractivity contribution in [3.8, 4) is 0 Å². The van der Waals surface area contributed by atoms with E-state index in [9.17, 15) is 19.5 Å². The summed E-state index contributed by atoms with van der Waals surface area (Å²) in [7, 11) is 0. The van der Waals surface area contributed by atoms with E-state index < -0.39 is 23.9 Å². The molecule has 0 rings (SSSR count). The Labute approximate surface area is 112 Å². The number of allylic oxidation sites excluding steroid dienone is 1. The van der Waals surface area contributed by atoms with E-state index in [1.54, 1.807) is 27.7 Å². The van der Waals surface area contributed by atoms with Gasteiger partial charge < -0.3 is 15.1 Å². The van der Waals surface area contributed by atoms with Crippen molar-refractivity contribution in [3.63, 3.8) is 0 Å². The Morgan fingerprint density at radius 2 is 1.68 bits per heavy atom. The summed E-state index contributed by atoms with van der Waals surface area (Å²) in [6.45, 7) is 6.69. The maximum absolute atomic E-state index is 12.0. The van der Waals surface area contributed by atoms with Crippen LogP contribution in [-0.4, -0.2) is 45.5 Å². The molecule has 19 heavy (non-hydrogen) atoms. The van der Waals surface area contributed by atoms with Gasteiger partial charge in [-0.25, -0.2) is 4.79 Å². The number of amides is 1. The molecule has 0 saturated heterocycles. The second-order valence-electron chi connectivity index (χ2n) is 4.92. The Balaban J connectivity index is 5.23. The van der Waals surface area contributed by atoms with Gasteiger partial charge in [-0.3, -0.25) is 9.59 Å². The predicted molar refractivity (Wildman–Crippen MR) is 69.7 cm³/mol. The fourth-order valence-electron chi connectivity index (χ4n) is 1.71. The SMILES string of the molecule is CC(C)=CC(=O)N(CCC(=O)O)C(C(=O)O)C(C)C. The molecule has 6 nitrogen and oxygen atoms in total. The van der Waals surface area contributed by atoms with Crippen LogP contribution in [0.25, 0.3) is 0 Å². The van der Waals surface area contributed by atoms with E-state index in [2.05, 4.69) is 0 Å². The predicted octanol–water partition coefficient (Wildman–Crippen LogP) is 1.37. The maximum Gasteiger partial charge on any atom is 0.326 e. The van der Waals surface area contributed by atoms with E-state index in [4.69, 9.17) is 5.11 Å². The lowest BCUT2D eigenvalue weighted by atomic mass is 10.0. The molecule has 0 aromatic heterocycles. The monoisotopic (exact) mass is 271 g/mol. The van der Waals surface area contributed by atoms with E-state index >= 15 is 0 Å². The Bertz CT molecular complexity index is 382. The molecule has 0 aliphatic carbocycles. The van der Waals surface area contributed by atoms with Crippen molar-refractivity contribution in [3.05, 3.63) is 11.6 Å². The number of nitrogens with zero attached hydrogens (tertiary/aromatic N) is 1. The Morgan fingerprint density at radius 3 is 2.00 bits per heavy atom. The van der Waals surface area contributed by atoms with E-state index in [1.165, 1.54) is 6.08 Å². The molecule has 6 heteroatoms. The molecule has 1 atom stereocenters. The molecule has 0 aromatic rings. The summed E-state index contributed by atoms with van der Waals surface area (Å²) in [5, 5.41) is 17.9. The maximum atomic E-state index is 12.0. The molecule has 0 aromatic carbocycles. The van der Waals surface area contributed by atoms with Crippen molar-refractivity contribution in [1.29, 1.82) is 0 Å². The van der Waals surface area contributed by atoms with Gasteiger partial charge >= 0.3 is 11.9 Å². The third kappa shape index (κ3) is 6.03. The van der Waals surface area contributed by atoms with Crippen LogP contribution in [0, 0.1) is 5.92 Å². The zero-order chi connectivity index (χ0) is 15.2. The molecule has 0 bridgehead atoms. The van der Waals surface area contributed by atoms with Gasteiger partial charge in [0.1, 0.15) is 6.04 Å². The van der Waals surface area contributed by atoms with Gasteiger partial charge in [0.15, 0.2) is 0 Å². The van der Waals surface area contributed by atoms with Crippen molar-refractivity contribution < 1.29 is 24.6 Å². The Hall–Kier alpha value is -1.85. The van der Waals surface area contributed by atoms with E-state index in [-0.39, 0.29) is 18.9 Å². The van der Waals surface area contributed by atoms with Gasteiger partial charge in [0.05, 0.1) is 6.42 Å². The zero-order valence-corrected chi connectivity index (χ0v) is 11.7. The van der Waals surface area contributed by atoms with Crippen molar-refractivity contribution in [1.82, 2.24) is 4.90 Å². The molecule has 1 unspecified atom stereocenters. The first-order valence-corrected chi connectivity index (χ1v) is 6.07. The number of aliphatic carboxylic acids is 2. The standard InChI is InChI=1S/C13H21NO5/c1-8(2)7-10(15)14(6-5-11(16)17)12(9(3)4)13(18)19/h7,9,12H,5-6H2,1-4H3,(H,16,17)(H,18,19). The number of hydrogen-bond acceptors (Lipinski definition) is 3. The number of carbonyl (C=O) groups excluding carboxylic acids is 1. The smallest absolute Gasteiger partial charge is 0.326 e. The molecule has 0 fully saturated rings. The lowest BCUT2D eigenvalue weighted by molar-refractivity contribution is -0.151. The minimum Gasteiger partial charge on any atom is -0.481 e. The highest BCUT2D eigenvalue weighted by Gasteiger charge is 2.31. The summed E-state index contributed by atoms with van der Waals surface area (Å²) in [6.07, 6.45) is 1.04. The van der Waals surface area contributed by atoms with Crippen LogP contribution in [0.3, 0.4) is 0 Å². The average molecular weight is 271 g/mol. The highest BCUT2D eigenvalue weighted by Crippen LogP contribution is 2.13. The third-order valence-electron chi connectivity index (χ3n) is 2.48. The summed E-state index contributed by atoms with van der Waals surface area (Å²) in [5.41, 5.74) is 0.734. The molecule has 2 N–H and O–H groups in total. The summed E-state index contributed by atoms with van der Waals surface area (Å²) in [6, 6.07) is -1.03. The summed E-state index contributed by atoms with van der Waals surface area (Å²) < 4.78 is 0. The molecule has 0 spiro atoms. The fraction of sp³-hybridized carbons (Fsp3) is 0.615. The lowest BCUT2D eigenvalue weighted by Gasteiger charge is -2.30. The fourth-order valence-corrected chi connectivity index (χ4v) is 1.71. The van der Waals surface area contributed by atoms with Crippen LogP contribution in [0.5, 0.6) is 0 Å². The van der Waals surface area contributed by atoms with Crippen LogP contribution >= 0.6 is 0 Å². The first-order valence-electron chi connectivity index (χ1n) is 6.07. The van der Waals surface area contributed by atoms with Crippen molar-refractivity contribution in [2.75, 3.05) is 6.54 Å². The van der Waals surface area contributed by atoms with Gasteiger partial charge in [0.2, 0.25) is 5.91 Å². The molecule has 108 valence electrons. The zero-order valence-electron chi connectivity index (χ0n) is 11.7. The molecular weight excluding hydrogens is 250 g/mol. The van der Waals surface area contributed by atoms with Gasteiger partial charge in [0, 0.05) is 12.6 Å². The second-order valence-corrected chi connectivity index (χ2v) is 4.92. The molecule has 0 saturated carbocycles. The van der Waals surface area contributed by atoms with Crippen LogP contribution in [0.1, 0.15) is 34.1 Å². The number of rotatable bonds is 7. The lowest BCUT2D eigenvalue weighted by Crippen LogP contribution is -2.48.